The average molecular weight is 455 g/mol. The second-order valence-corrected chi connectivity index (χ2v) is 8.69. The largest absolute Gasteiger partial charge is 0.390 e. The molecule has 34 heavy (non-hydrogen) atoms. The molecule has 0 amide bonds. The predicted octanol–water partition coefficient (Wildman–Crippen LogP) is 3.85. The van der Waals surface area contributed by atoms with E-state index in [0.717, 1.165) is 28.1 Å². The number of hydrogen-bond acceptors (Lipinski definition) is 5. The van der Waals surface area contributed by atoms with Crippen LogP contribution in [0, 0.1) is 0 Å². The lowest BCUT2D eigenvalue weighted by Gasteiger charge is -2.11. The summed E-state index contributed by atoms with van der Waals surface area (Å²) in [5.41, 5.74) is 6.46. The van der Waals surface area contributed by atoms with Gasteiger partial charge in [0, 0.05) is 18.2 Å². The summed E-state index contributed by atoms with van der Waals surface area (Å²) in [6.45, 7) is 4.57. The van der Waals surface area contributed by atoms with Crippen molar-refractivity contribution in [2.24, 2.45) is 7.05 Å². The summed E-state index contributed by atoms with van der Waals surface area (Å²) in [6, 6.07) is 15.9. The van der Waals surface area contributed by atoms with Gasteiger partial charge in [0.1, 0.15) is 5.52 Å². The Labute approximate surface area is 196 Å². The first-order valence-corrected chi connectivity index (χ1v) is 11.2. The summed E-state index contributed by atoms with van der Waals surface area (Å²) in [7, 11) is 1.86. The molecule has 8 nitrogen and oxygen atoms in total. The van der Waals surface area contributed by atoms with E-state index in [9.17, 15) is 9.90 Å². The summed E-state index contributed by atoms with van der Waals surface area (Å²) in [5.74, 6) is 0.930. The molecular formula is C26H26N6O2. The number of hydrogen-bond donors (Lipinski definition) is 2. The van der Waals surface area contributed by atoms with Crippen LogP contribution in [0.3, 0.4) is 0 Å². The number of nitrogens with zero attached hydrogens (tertiary/aromatic N) is 5. The van der Waals surface area contributed by atoms with E-state index in [1.165, 1.54) is 5.56 Å². The van der Waals surface area contributed by atoms with Gasteiger partial charge in [-0.15, -0.1) is 0 Å². The quantitative estimate of drug-likeness (QED) is 0.406. The summed E-state index contributed by atoms with van der Waals surface area (Å²) in [6.07, 6.45) is 3.36. The highest BCUT2D eigenvalue weighted by Gasteiger charge is 2.15. The van der Waals surface area contributed by atoms with Crippen molar-refractivity contribution < 1.29 is 5.11 Å². The molecule has 0 bridgehead atoms. The Morgan fingerprint density at radius 3 is 2.56 bits per heavy atom. The summed E-state index contributed by atoms with van der Waals surface area (Å²) in [5, 5.41) is 9.64. The van der Waals surface area contributed by atoms with E-state index in [0.29, 0.717) is 29.5 Å². The molecule has 3 aromatic heterocycles. The van der Waals surface area contributed by atoms with Gasteiger partial charge in [-0.25, -0.2) is 19.7 Å². The zero-order valence-electron chi connectivity index (χ0n) is 19.4. The van der Waals surface area contributed by atoms with Crippen LogP contribution in [0.4, 0.5) is 0 Å². The minimum absolute atomic E-state index is 0.0830. The highest BCUT2D eigenvalue weighted by molar-refractivity contribution is 5.74. The Bertz CT molecular complexity index is 1530. The van der Waals surface area contributed by atoms with Crippen molar-refractivity contribution >= 4 is 11.2 Å². The van der Waals surface area contributed by atoms with E-state index in [4.69, 9.17) is 4.98 Å². The average Bonchev–Trinajstić information content (AvgIpc) is 3.38. The lowest BCUT2D eigenvalue weighted by atomic mass is 9.97. The van der Waals surface area contributed by atoms with Crippen LogP contribution in [0.25, 0.3) is 33.8 Å². The topological polar surface area (TPSA) is 102 Å². The molecule has 0 radical (unpaired) electrons. The van der Waals surface area contributed by atoms with Gasteiger partial charge < -0.3 is 14.7 Å². The second-order valence-electron chi connectivity index (χ2n) is 8.69. The third-order valence-corrected chi connectivity index (χ3v) is 6.11. The number of aryl methyl sites for hydroxylation is 1. The number of fused-ring (bicyclic) bond motifs is 1. The molecule has 2 N–H and O–H groups in total. The van der Waals surface area contributed by atoms with Crippen LogP contribution < -0.4 is 5.69 Å². The Kier molecular flexibility index (Phi) is 5.59. The van der Waals surface area contributed by atoms with Crippen molar-refractivity contribution in [1.29, 1.82) is 0 Å². The molecule has 0 saturated carbocycles. The van der Waals surface area contributed by atoms with Crippen molar-refractivity contribution in [2.75, 3.05) is 0 Å². The molecule has 0 atom stereocenters. The Morgan fingerprint density at radius 2 is 1.82 bits per heavy atom. The lowest BCUT2D eigenvalue weighted by molar-refractivity contribution is 0.273. The first-order chi connectivity index (χ1) is 16.5. The maximum atomic E-state index is 12.7. The fourth-order valence-electron chi connectivity index (χ4n) is 4.26. The molecule has 8 heteroatoms. The van der Waals surface area contributed by atoms with Crippen LogP contribution in [0.5, 0.6) is 0 Å². The summed E-state index contributed by atoms with van der Waals surface area (Å²) < 4.78 is 3.44. The molecule has 5 aromatic rings. The van der Waals surface area contributed by atoms with Gasteiger partial charge in [0.05, 0.1) is 37.1 Å². The van der Waals surface area contributed by atoms with Crippen LogP contribution in [-0.2, 0) is 20.2 Å². The van der Waals surface area contributed by atoms with Crippen molar-refractivity contribution in [1.82, 2.24) is 29.1 Å². The summed E-state index contributed by atoms with van der Waals surface area (Å²) >= 11 is 0. The third kappa shape index (κ3) is 3.82. The maximum Gasteiger partial charge on any atom is 0.328 e. The van der Waals surface area contributed by atoms with Crippen molar-refractivity contribution in [2.45, 2.75) is 32.9 Å². The number of nitrogens with one attached hydrogen (secondary N) is 1. The van der Waals surface area contributed by atoms with Gasteiger partial charge in [0.15, 0.2) is 11.5 Å². The van der Waals surface area contributed by atoms with E-state index >= 15 is 0 Å². The van der Waals surface area contributed by atoms with Crippen LogP contribution >= 0.6 is 0 Å². The van der Waals surface area contributed by atoms with Crippen LogP contribution in [0.2, 0.25) is 0 Å². The molecule has 0 unspecified atom stereocenters. The number of rotatable bonds is 6. The number of aliphatic hydroxyl groups excluding tert-OH is 1. The summed E-state index contributed by atoms with van der Waals surface area (Å²) in [4.78, 5) is 29.3. The Morgan fingerprint density at radius 1 is 1.06 bits per heavy atom. The van der Waals surface area contributed by atoms with Crippen LogP contribution in [-0.4, -0.2) is 34.2 Å². The van der Waals surface area contributed by atoms with Gasteiger partial charge in [-0.2, -0.15) is 0 Å². The van der Waals surface area contributed by atoms with Crippen LogP contribution in [0.15, 0.2) is 65.8 Å². The highest BCUT2D eigenvalue weighted by Crippen LogP contribution is 2.27. The first kappa shape index (κ1) is 21.8. The van der Waals surface area contributed by atoms with Gasteiger partial charge in [0.25, 0.3) is 0 Å². The number of H-pyrrole nitrogens is 1. The molecule has 0 aliphatic rings. The monoisotopic (exact) mass is 454 g/mol. The van der Waals surface area contributed by atoms with Crippen LogP contribution in [0.1, 0.15) is 36.6 Å². The maximum absolute atomic E-state index is 12.7. The van der Waals surface area contributed by atoms with Gasteiger partial charge >= 0.3 is 5.69 Å². The van der Waals surface area contributed by atoms with Gasteiger partial charge in [-0.1, -0.05) is 62.4 Å². The molecule has 0 fully saturated rings. The zero-order valence-corrected chi connectivity index (χ0v) is 19.4. The fourth-order valence-corrected chi connectivity index (χ4v) is 4.26. The normalized spacial score (nSPS) is 11.6. The van der Waals surface area contributed by atoms with Crippen molar-refractivity contribution in [3.8, 4) is 22.6 Å². The minimum atomic E-state index is -0.227. The molecule has 0 aliphatic carbocycles. The third-order valence-electron chi connectivity index (χ3n) is 6.11. The Hall–Kier alpha value is -4.04. The molecule has 5 rings (SSSR count). The van der Waals surface area contributed by atoms with Crippen molar-refractivity contribution in [3.63, 3.8) is 0 Å². The minimum Gasteiger partial charge on any atom is -0.390 e. The van der Waals surface area contributed by atoms with E-state index in [2.05, 4.69) is 34.9 Å². The smallest absolute Gasteiger partial charge is 0.328 e. The lowest BCUT2D eigenvalue weighted by Crippen LogP contribution is -2.17. The van der Waals surface area contributed by atoms with E-state index in [-0.39, 0.29) is 12.3 Å². The highest BCUT2D eigenvalue weighted by atomic mass is 16.3. The van der Waals surface area contributed by atoms with Gasteiger partial charge in [-0.3, -0.25) is 4.57 Å². The standard InChI is InChI=1S/C26H26N6O2/c1-16(2)19-6-4-5-7-20(19)24-27-12-21-25(30-24)32(26(34)29-21)13-17-8-10-18(11-9-17)23-22(14-33)31(3)15-28-23/h4-12,15-16,33H,13-14H2,1-3H3,(H,29,34). The van der Waals surface area contributed by atoms with Gasteiger partial charge in [-0.05, 0) is 17.0 Å². The first-order valence-electron chi connectivity index (χ1n) is 11.2. The zero-order chi connectivity index (χ0) is 23.8. The predicted molar refractivity (Wildman–Crippen MR) is 131 cm³/mol. The molecule has 3 heterocycles. The number of aromatic amines is 1. The molecule has 172 valence electrons. The van der Waals surface area contributed by atoms with E-state index in [1.54, 1.807) is 17.1 Å². The van der Waals surface area contributed by atoms with E-state index in [1.807, 2.05) is 54.1 Å². The molecule has 0 saturated heterocycles. The molecular weight excluding hydrogens is 428 g/mol. The number of aromatic nitrogens is 6. The SMILES string of the molecule is CC(C)c1ccccc1-c1ncc2[nH]c(=O)n(Cc3ccc(-c4ncn(C)c4CO)cc3)c2n1. The number of imidazole rings is 2. The number of benzene rings is 2. The molecule has 0 aliphatic heterocycles. The molecule has 0 spiro atoms. The van der Waals surface area contributed by atoms with Crippen molar-refractivity contribution in [3.05, 3.63) is 88.4 Å². The van der Waals surface area contributed by atoms with Gasteiger partial charge in [0.2, 0.25) is 0 Å². The number of aliphatic hydroxyl groups is 1. The molecule has 2 aromatic carbocycles. The Balaban J connectivity index is 1.50. The van der Waals surface area contributed by atoms with E-state index < -0.39 is 0 Å². The fraction of sp³-hybridized carbons (Fsp3) is 0.231. The second kappa shape index (κ2) is 8.72.